The van der Waals surface area contributed by atoms with E-state index in [1.807, 2.05) is 35.2 Å². The van der Waals surface area contributed by atoms with Gasteiger partial charge in [0.1, 0.15) is 5.75 Å². The van der Waals surface area contributed by atoms with Gasteiger partial charge in [0.15, 0.2) is 0 Å². The Morgan fingerprint density at radius 1 is 0.789 bits per heavy atom. The van der Waals surface area contributed by atoms with Gasteiger partial charge in [0.05, 0.1) is 7.11 Å². The number of carbonyl (C=O) groups excluding carboxylic acids is 2. The molecule has 2 amide bonds. The minimum atomic E-state index is -0.134. The highest BCUT2D eigenvalue weighted by Gasteiger charge is 2.22. The van der Waals surface area contributed by atoms with Crippen molar-refractivity contribution in [2.45, 2.75) is 59.3 Å². The summed E-state index contributed by atoms with van der Waals surface area (Å²) in [5.41, 5.74) is 4.52. The third kappa shape index (κ3) is 7.84. The number of ether oxygens (including phenoxy) is 1. The number of benzene rings is 3. The smallest absolute Gasteiger partial charge is 0.258 e. The van der Waals surface area contributed by atoms with Crippen molar-refractivity contribution in [3.05, 3.63) is 88.4 Å². The normalized spacial score (nSPS) is 10.8. The van der Waals surface area contributed by atoms with Crippen molar-refractivity contribution >= 4 is 34.8 Å². The van der Waals surface area contributed by atoms with Gasteiger partial charge in [-0.3, -0.25) is 9.59 Å². The van der Waals surface area contributed by atoms with Gasteiger partial charge in [-0.2, -0.15) is 0 Å². The molecule has 0 atom stereocenters. The first-order valence-corrected chi connectivity index (χ1v) is 13.8. The lowest BCUT2D eigenvalue weighted by molar-refractivity contribution is -0.118. The third-order valence-corrected chi connectivity index (χ3v) is 6.99. The van der Waals surface area contributed by atoms with E-state index in [4.69, 9.17) is 16.3 Å². The van der Waals surface area contributed by atoms with Crippen LogP contribution in [0.3, 0.4) is 0 Å². The molecule has 0 N–H and O–H groups in total. The zero-order chi connectivity index (χ0) is 27.5. The Morgan fingerprint density at radius 2 is 1.42 bits per heavy atom. The molecule has 202 valence electrons. The third-order valence-electron chi connectivity index (χ3n) is 6.74. The highest BCUT2D eigenvalue weighted by atomic mass is 35.5. The SMILES string of the molecule is CCCCCCN(C(=O)CCCN(C(=O)c1ccc(Cl)cc1)c1ccc(OC)cc1)c1c(C)cccc1C. The number of carbonyl (C=O) groups is 2. The van der Waals surface area contributed by atoms with E-state index in [0.717, 1.165) is 47.5 Å². The number of hydrogen-bond donors (Lipinski definition) is 0. The van der Waals surface area contributed by atoms with E-state index in [-0.39, 0.29) is 11.8 Å². The predicted molar refractivity (Wildman–Crippen MR) is 158 cm³/mol. The van der Waals surface area contributed by atoms with E-state index in [0.29, 0.717) is 36.5 Å². The summed E-state index contributed by atoms with van der Waals surface area (Å²) in [5, 5.41) is 0.577. The highest BCUT2D eigenvalue weighted by molar-refractivity contribution is 6.30. The average Bonchev–Trinajstić information content (AvgIpc) is 2.92. The van der Waals surface area contributed by atoms with Crippen molar-refractivity contribution in [3.63, 3.8) is 0 Å². The van der Waals surface area contributed by atoms with Crippen LogP contribution in [0.25, 0.3) is 0 Å². The largest absolute Gasteiger partial charge is 0.497 e. The number of anilines is 2. The van der Waals surface area contributed by atoms with Crippen LogP contribution in [0.15, 0.2) is 66.7 Å². The van der Waals surface area contributed by atoms with Crippen LogP contribution < -0.4 is 14.5 Å². The lowest BCUT2D eigenvalue weighted by Crippen LogP contribution is -2.35. The molecule has 5 nitrogen and oxygen atoms in total. The van der Waals surface area contributed by atoms with Crippen molar-refractivity contribution in [1.82, 2.24) is 0 Å². The minimum Gasteiger partial charge on any atom is -0.497 e. The number of nitrogens with zero attached hydrogens (tertiary/aromatic N) is 2. The van der Waals surface area contributed by atoms with Gasteiger partial charge in [-0.15, -0.1) is 0 Å². The van der Waals surface area contributed by atoms with Crippen molar-refractivity contribution in [2.75, 3.05) is 30.0 Å². The molecule has 0 spiro atoms. The molecule has 38 heavy (non-hydrogen) atoms. The molecule has 6 heteroatoms. The molecule has 0 aliphatic carbocycles. The molecule has 0 heterocycles. The summed E-state index contributed by atoms with van der Waals surface area (Å²) >= 11 is 6.04. The summed E-state index contributed by atoms with van der Waals surface area (Å²) in [5.74, 6) is 0.674. The van der Waals surface area contributed by atoms with Crippen LogP contribution in [0.2, 0.25) is 5.02 Å². The minimum absolute atomic E-state index is 0.0903. The quantitative estimate of drug-likeness (QED) is 0.209. The number of methoxy groups -OCH3 is 1. The number of para-hydroxylation sites is 1. The molecule has 0 radical (unpaired) electrons. The average molecular weight is 535 g/mol. The topological polar surface area (TPSA) is 49.9 Å². The molecule has 3 aromatic carbocycles. The van der Waals surface area contributed by atoms with Crippen molar-refractivity contribution in [1.29, 1.82) is 0 Å². The van der Waals surface area contributed by atoms with Crippen LogP contribution in [0.5, 0.6) is 5.75 Å². The maximum absolute atomic E-state index is 13.6. The Labute approximate surface area is 232 Å². The van der Waals surface area contributed by atoms with Crippen LogP contribution >= 0.6 is 11.6 Å². The van der Waals surface area contributed by atoms with Gasteiger partial charge in [-0.25, -0.2) is 0 Å². The standard InChI is InChI=1S/C32H39ClN2O3/c1-5-6-7-8-22-35(31-24(2)11-9-12-25(31)3)30(36)13-10-23-34(28-18-20-29(38-4)21-19-28)32(37)26-14-16-27(33)17-15-26/h9,11-12,14-21H,5-8,10,13,22-23H2,1-4H3. The zero-order valence-electron chi connectivity index (χ0n) is 23.0. The highest BCUT2D eigenvalue weighted by Crippen LogP contribution is 2.27. The maximum atomic E-state index is 13.6. The number of amides is 2. The Morgan fingerprint density at radius 3 is 2.03 bits per heavy atom. The first-order valence-electron chi connectivity index (χ1n) is 13.4. The van der Waals surface area contributed by atoms with Crippen LogP contribution in [-0.2, 0) is 4.79 Å². The number of hydrogen-bond acceptors (Lipinski definition) is 3. The van der Waals surface area contributed by atoms with E-state index < -0.39 is 0 Å². The van der Waals surface area contributed by atoms with Gasteiger partial charge < -0.3 is 14.5 Å². The van der Waals surface area contributed by atoms with E-state index in [1.165, 1.54) is 6.42 Å². The van der Waals surface area contributed by atoms with E-state index in [1.54, 1.807) is 36.3 Å². The summed E-state index contributed by atoms with van der Waals surface area (Å²) in [7, 11) is 1.61. The van der Waals surface area contributed by atoms with E-state index in [2.05, 4.69) is 32.9 Å². The fourth-order valence-corrected chi connectivity index (χ4v) is 4.80. The second kappa shape index (κ2) is 14.6. The van der Waals surface area contributed by atoms with Gasteiger partial charge in [-0.1, -0.05) is 56.0 Å². The van der Waals surface area contributed by atoms with Gasteiger partial charge in [0.25, 0.3) is 5.91 Å². The second-order valence-electron chi connectivity index (χ2n) is 9.61. The second-order valence-corrected chi connectivity index (χ2v) is 10.0. The fourth-order valence-electron chi connectivity index (χ4n) is 4.67. The van der Waals surface area contributed by atoms with Gasteiger partial charge in [-0.05, 0) is 86.3 Å². The molecule has 3 rings (SSSR count). The Bertz CT molecular complexity index is 1170. The molecule has 0 unspecified atom stereocenters. The van der Waals surface area contributed by atoms with Gasteiger partial charge >= 0.3 is 0 Å². The van der Waals surface area contributed by atoms with Crippen molar-refractivity contribution in [3.8, 4) is 5.75 Å². The lowest BCUT2D eigenvalue weighted by atomic mass is 10.1. The number of unbranched alkanes of at least 4 members (excludes halogenated alkanes) is 3. The predicted octanol–water partition coefficient (Wildman–Crippen LogP) is 8.01. The molecule has 0 aliphatic rings. The molecular weight excluding hydrogens is 496 g/mol. The molecule has 0 aromatic heterocycles. The molecule has 0 aliphatic heterocycles. The number of rotatable bonds is 13. The summed E-state index contributed by atoms with van der Waals surface area (Å²) < 4.78 is 5.29. The summed E-state index contributed by atoms with van der Waals surface area (Å²) in [4.78, 5) is 30.8. The molecule has 0 saturated heterocycles. The Balaban J connectivity index is 1.77. The van der Waals surface area contributed by atoms with E-state index in [9.17, 15) is 9.59 Å². The first kappa shape index (κ1) is 29.2. The Hall–Kier alpha value is -3.31. The summed E-state index contributed by atoms with van der Waals surface area (Å²) in [6.07, 6.45) is 5.29. The van der Waals surface area contributed by atoms with Gasteiger partial charge in [0, 0.05) is 41.5 Å². The van der Waals surface area contributed by atoms with Crippen molar-refractivity contribution < 1.29 is 14.3 Å². The number of halogens is 1. The number of aryl methyl sites for hydroxylation is 2. The molecular formula is C32H39ClN2O3. The molecule has 3 aromatic rings. The first-order chi connectivity index (χ1) is 18.3. The van der Waals surface area contributed by atoms with Crippen LogP contribution in [0.1, 0.15) is 66.9 Å². The maximum Gasteiger partial charge on any atom is 0.258 e. The monoisotopic (exact) mass is 534 g/mol. The van der Waals surface area contributed by atoms with Gasteiger partial charge in [0.2, 0.25) is 5.91 Å². The molecule has 0 bridgehead atoms. The summed E-state index contributed by atoms with van der Waals surface area (Å²) in [6.45, 7) is 7.43. The summed E-state index contributed by atoms with van der Waals surface area (Å²) in [6, 6.07) is 20.4. The van der Waals surface area contributed by atoms with Crippen molar-refractivity contribution in [2.24, 2.45) is 0 Å². The lowest BCUT2D eigenvalue weighted by Gasteiger charge is -2.27. The van der Waals surface area contributed by atoms with Crippen LogP contribution in [0.4, 0.5) is 11.4 Å². The molecule has 0 fully saturated rings. The van der Waals surface area contributed by atoms with Crippen LogP contribution in [0, 0.1) is 13.8 Å². The Kier molecular flexibility index (Phi) is 11.2. The van der Waals surface area contributed by atoms with E-state index >= 15 is 0 Å². The molecule has 0 saturated carbocycles. The fraction of sp³-hybridized carbons (Fsp3) is 0.375. The zero-order valence-corrected chi connectivity index (χ0v) is 23.8. The van der Waals surface area contributed by atoms with Crippen LogP contribution in [-0.4, -0.2) is 32.0 Å².